The summed E-state index contributed by atoms with van der Waals surface area (Å²) in [5.74, 6) is 0.0316. The van der Waals surface area contributed by atoms with E-state index >= 15 is 0 Å². The largest absolute Gasteiger partial charge is 0.375 e. The molecule has 126 valence electrons. The Labute approximate surface area is 145 Å². The summed E-state index contributed by atoms with van der Waals surface area (Å²) in [5, 5.41) is 1.82. The van der Waals surface area contributed by atoms with Gasteiger partial charge in [-0.1, -0.05) is 0 Å². The second-order valence-electron chi connectivity index (χ2n) is 6.22. The predicted octanol–water partition coefficient (Wildman–Crippen LogP) is 1.65. The molecular formula is C17H20N4O2S. The number of piperidine rings is 1. The topological polar surface area (TPSA) is 58.6 Å². The number of pyridine rings is 1. The fraction of sp³-hybridized carbons (Fsp3) is 0.471. The standard InChI is InChI=1S/C17H20N4O2S/c22-17(14-11-24-12-19-14)21-6-3-16-15(10-21)20(7-8-23-16)9-13-1-4-18-5-2-13/h1-2,4-5,11-12,15-16H,3,6-10H2/t15-,16-/m1/s1. The quantitative estimate of drug-likeness (QED) is 0.847. The van der Waals surface area contributed by atoms with Gasteiger partial charge in [-0.2, -0.15) is 0 Å². The van der Waals surface area contributed by atoms with Crippen molar-refractivity contribution >= 4 is 17.2 Å². The van der Waals surface area contributed by atoms with Crippen molar-refractivity contribution in [3.05, 3.63) is 46.7 Å². The lowest BCUT2D eigenvalue weighted by Crippen LogP contribution is -2.60. The van der Waals surface area contributed by atoms with Crippen LogP contribution < -0.4 is 0 Å². The second-order valence-corrected chi connectivity index (χ2v) is 6.93. The third-order valence-corrected chi connectivity index (χ3v) is 5.36. The van der Waals surface area contributed by atoms with Crippen molar-refractivity contribution < 1.29 is 9.53 Å². The highest BCUT2D eigenvalue weighted by Gasteiger charge is 2.38. The van der Waals surface area contributed by atoms with Crippen LogP contribution >= 0.6 is 11.3 Å². The van der Waals surface area contributed by atoms with E-state index in [0.29, 0.717) is 12.2 Å². The SMILES string of the molecule is O=C(c1cscn1)N1CC[C@H]2OCCN(Cc3ccncc3)[C@@H]2C1. The van der Waals surface area contributed by atoms with E-state index in [1.807, 2.05) is 34.8 Å². The minimum absolute atomic E-state index is 0.0316. The number of hydrogen-bond donors (Lipinski definition) is 0. The summed E-state index contributed by atoms with van der Waals surface area (Å²) in [6.45, 7) is 3.95. The van der Waals surface area contributed by atoms with Crippen molar-refractivity contribution in [1.82, 2.24) is 19.8 Å². The first-order valence-corrected chi connectivity index (χ1v) is 9.17. The van der Waals surface area contributed by atoms with Crippen molar-refractivity contribution in [3.63, 3.8) is 0 Å². The van der Waals surface area contributed by atoms with Crippen molar-refractivity contribution in [1.29, 1.82) is 0 Å². The molecule has 2 aliphatic rings. The van der Waals surface area contributed by atoms with Gasteiger partial charge in [0, 0.05) is 44.0 Å². The first-order chi connectivity index (χ1) is 11.8. The van der Waals surface area contributed by atoms with Gasteiger partial charge < -0.3 is 9.64 Å². The number of carbonyl (C=O) groups is 1. The van der Waals surface area contributed by atoms with E-state index in [1.165, 1.54) is 16.9 Å². The fourth-order valence-electron chi connectivity index (χ4n) is 3.53. The molecule has 0 N–H and O–H groups in total. The van der Waals surface area contributed by atoms with Crippen LogP contribution in [0.1, 0.15) is 22.5 Å². The zero-order chi connectivity index (χ0) is 16.4. The molecule has 2 atom stereocenters. The number of fused-ring (bicyclic) bond motifs is 1. The average Bonchev–Trinajstić information content (AvgIpc) is 3.17. The lowest BCUT2D eigenvalue weighted by Gasteiger charge is -2.47. The van der Waals surface area contributed by atoms with E-state index in [4.69, 9.17) is 4.74 Å². The molecule has 4 heterocycles. The molecule has 24 heavy (non-hydrogen) atoms. The van der Waals surface area contributed by atoms with E-state index < -0.39 is 0 Å². The van der Waals surface area contributed by atoms with Crippen LogP contribution in [0.3, 0.4) is 0 Å². The Balaban J connectivity index is 1.48. The van der Waals surface area contributed by atoms with Gasteiger partial charge in [-0.3, -0.25) is 14.7 Å². The fourth-order valence-corrected chi connectivity index (χ4v) is 4.05. The van der Waals surface area contributed by atoms with Gasteiger partial charge in [0.05, 0.1) is 24.3 Å². The number of carbonyl (C=O) groups excluding carboxylic acids is 1. The number of rotatable bonds is 3. The summed E-state index contributed by atoms with van der Waals surface area (Å²) in [7, 11) is 0. The van der Waals surface area contributed by atoms with Crippen LogP contribution in [0.15, 0.2) is 35.4 Å². The number of hydrogen-bond acceptors (Lipinski definition) is 6. The number of thiazole rings is 1. The first-order valence-electron chi connectivity index (χ1n) is 8.23. The minimum Gasteiger partial charge on any atom is -0.375 e. The molecule has 0 saturated carbocycles. The number of nitrogens with zero attached hydrogens (tertiary/aromatic N) is 4. The Morgan fingerprint density at radius 3 is 3.00 bits per heavy atom. The van der Waals surface area contributed by atoms with E-state index in [-0.39, 0.29) is 18.1 Å². The van der Waals surface area contributed by atoms with Gasteiger partial charge in [-0.05, 0) is 24.1 Å². The lowest BCUT2D eigenvalue weighted by molar-refractivity contribution is -0.101. The van der Waals surface area contributed by atoms with Gasteiger partial charge in [0.25, 0.3) is 5.91 Å². The zero-order valence-electron chi connectivity index (χ0n) is 13.4. The van der Waals surface area contributed by atoms with Gasteiger partial charge in [0.1, 0.15) is 5.69 Å². The smallest absolute Gasteiger partial charge is 0.273 e. The van der Waals surface area contributed by atoms with Crippen LogP contribution in [0.5, 0.6) is 0 Å². The maximum Gasteiger partial charge on any atom is 0.273 e. The van der Waals surface area contributed by atoms with E-state index in [9.17, 15) is 4.79 Å². The van der Waals surface area contributed by atoms with Gasteiger partial charge in [-0.15, -0.1) is 11.3 Å². The van der Waals surface area contributed by atoms with Gasteiger partial charge in [-0.25, -0.2) is 4.98 Å². The van der Waals surface area contributed by atoms with Crippen LogP contribution in [0, 0.1) is 0 Å². The summed E-state index contributed by atoms with van der Waals surface area (Å²) < 4.78 is 5.96. The van der Waals surface area contributed by atoms with Crippen molar-refractivity contribution in [2.75, 3.05) is 26.2 Å². The average molecular weight is 344 g/mol. The molecule has 0 unspecified atom stereocenters. The molecule has 0 aromatic carbocycles. The molecule has 6 nitrogen and oxygen atoms in total. The third-order valence-electron chi connectivity index (χ3n) is 4.77. The van der Waals surface area contributed by atoms with Crippen LogP contribution in [0.4, 0.5) is 0 Å². The van der Waals surface area contributed by atoms with E-state index in [1.54, 1.807) is 5.51 Å². The molecule has 0 aliphatic carbocycles. The zero-order valence-corrected chi connectivity index (χ0v) is 14.2. The number of ether oxygens (including phenoxy) is 1. The Morgan fingerprint density at radius 2 is 2.21 bits per heavy atom. The molecule has 4 rings (SSSR count). The van der Waals surface area contributed by atoms with Gasteiger partial charge in [0.2, 0.25) is 0 Å². The Bertz CT molecular complexity index is 679. The summed E-state index contributed by atoms with van der Waals surface area (Å²) in [5.41, 5.74) is 3.50. The number of likely N-dealkylation sites (tertiary alicyclic amines) is 1. The number of aromatic nitrogens is 2. The summed E-state index contributed by atoms with van der Waals surface area (Å²) in [4.78, 5) is 25.2. The second kappa shape index (κ2) is 6.96. The van der Waals surface area contributed by atoms with Crippen molar-refractivity contribution in [3.8, 4) is 0 Å². The van der Waals surface area contributed by atoms with E-state index in [0.717, 1.165) is 32.7 Å². The van der Waals surface area contributed by atoms with Crippen molar-refractivity contribution in [2.45, 2.75) is 25.1 Å². The normalized spacial score (nSPS) is 24.6. The minimum atomic E-state index is 0.0316. The number of morpholine rings is 1. The van der Waals surface area contributed by atoms with Crippen LogP contribution in [0.2, 0.25) is 0 Å². The summed E-state index contributed by atoms with van der Waals surface area (Å²) in [6.07, 6.45) is 4.74. The van der Waals surface area contributed by atoms with E-state index in [2.05, 4.69) is 14.9 Å². The highest BCUT2D eigenvalue weighted by molar-refractivity contribution is 7.07. The number of amides is 1. The Kier molecular flexibility index (Phi) is 4.55. The predicted molar refractivity (Wildman–Crippen MR) is 90.8 cm³/mol. The molecule has 2 aromatic rings. The van der Waals surface area contributed by atoms with Gasteiger partial charge in [0.15, 0.2) is 0 Å². The highest BCUT2D eigenvalue weighted by Crippen LogP contribution is 2.25. The maximum atomic E-state index is 12.6. The lowest BCUT2D eigenvalue weighted by atomic mass is 9.98. The molecular weight excluding hydrogens is 324 g/mol. The summed E-state index contributed by atoms with van der Waals surface area (Å²) in [6, 6.07) is 4.33. The van der Waals surface area contributed by atoms with Crippen LogP contribution in [-0.2, 0) is 11.3 Å². The van der Waals surface area contributed by atoms with Crippen molar-refractivity contribution in [2.24, 2.45) is 0 Å². The molecule has 2 aliphatic heterocycles. The maximum absolute atomic E-state index is 12.6. The molecule has 7 heteroatoms. The van der Waals surface area contributed by atoms with Crippen LogP contribution in [0.25, 0.3) is 0 Å². The highest BCUT2D eigenvalue weighted by atomic mass is 32.1. The van der Waals surface area contributed by atoms with Crippen LogP contribution in [-0.4, -0.2) is 64.1 Å². The Hall–Kier alpha value is -1.83. The first kappa shape index (κ1) is 15.7. The molecule has 2 saturated heterocycles. The Morgan fingerprint density at radius 1 is 1.33 bits per heavy atom. The molecule has 0 bridgehead atoms. The molecule has 0 radical (unpaired) electrons. The monoisotopic (exact) mass is 344 g/mol. The molecule has 2 aromatic heterocycles. The summed E-state index contributed by atoms with van der Waals surface area (Å²) >= 11 is 1.46. The third kappa shape index (κ3) is 3.19. The van der Waals surface area contributed by atoms with Gasteiger partial charge >= 0.3 is 0 Å². The molecule has 1 amide bonds. The molecule has 0 spiro atoms. The molecule has 2 fully saturated rings.